The summed E-state index contributed by atoms with van der Waals surface area (Å²) in [5, 5.41) is 0. The molecule has 1 saturated heterocycles. The van der Waals surface area contributed by atoms with Gasteiger partial charge in [-0.05, 0) is 31.2 Å². The molecule has 0 saturated carbocycles. The molecule has 1 heterocycles. The minimum atomic E-state index is 0.0412. The molecule has 2 heteroatoms. The lowest BCUT2D eigenvalue weighted by Gasteiger charge is -2.14. The summed E-state index contributed by atoms with van der Waals surface area (Å²) in [6.45, 7) is 7.09. The zero-order chi connectivity index (χ0) is 13.1. The first kappa shape index (κ1) is 13.3. The number of hydrogen-bond donors (Lipinski definition) is 0. The second-order valence-electron chi connectivity index (χ2n) is 5.27. The van der Waals surface area contributed by atoms with Crippen molar-refractivity contribution in [3.8, 4) is 0 Å². The van der Waals surface area contributed by atoms with E-state index >= 15 is 0 Å². The highest BCUT2D eigenvalue weighted by atomic mass is 16.5. The fourth-order valence-corrected chi connectivity index (χ4v) is 2.50. The number of ketones is 1. The first-order chi connectivity index (χ1) is 8.63. The molecule has 3 unspecified atom stereocenters. The molecule has 2 rings (SSSR count). The number of hydrogen-bond acceptors (Lipinski definition) is 2. The van der Waals surface area contributed by atoms with Crippen LogP contribution in [0.25, 0.3) is 0 Å². The Morgan fingerprint density at radius 2 is 2.06 bits per heavy atom. The Balaban J connectivity index is 2.12. The molecule has 2 nitrogen and oxygen atoms in total. The minimum Gasteiger partial charge on any atom is -0.378 e. The summed E-state index contributed by atoms with van der Waals surface area (Å²) in [5.41, 5.74) is 2.13. The van der Waals surface area contributed by atoms with Gasteiger partial charge < -0.3 is 4.74 Å². The van der Waals surface area contributed by atoms with E-state index < -0.39 is 0 Å². The SMILES string of the molecule is CCC(C)c1ccc(C(=O)C2CCOC2C)cc1. The van der Waals surface area contributed by atoms with E-state index in [-0.39, 0.29) is 17.8 Å². The van der Waals surface area contributed by atoms with E-state index in [1.54, 1.807) is 0 Å². The predicted octanol–water partition coefficient (Wildman–Crippen LogP) is 3.81. The van der Waals surface area contributed by atoms with Crippen molar-refractivity contribution >= 4 is 5.78 Å². The Labute approximate surface area is 109 Å². The largest absolute Gasteiger partial charge is 0.378 e. The zero-order valence-corrected chi connectivity index (χ0v) is 11.5. The van der Waals surface area contributed by atoms with E-state index in [4.69, 9.17) is 4.74 Å². The molecular formula is C16H22O2. The molecule has 0 amide bonds. The van der Waals surface area contributed by atoms with Crippen molar-refractivity contribution in [3.63, 3.8) is 0 Å². The number of ether oxygens (including phenoxy) is 1. The van der Waals surface area contributed by atoms with Crippen LogP contribution in [-0.2, 0) is 4.74 Å². The fraction of sp³-hybridized carbons (Fsp3) is 0.562. The van der Waals surface area contributed by atoms with Gasteiger partial charge >= 0.3 is 0 Å². The van der Waals surface area contributed by atoms with Gasteiger partial charge in [-0.1, -0.05) is 38.1 Å². The monoisotopic (exact) mass is 246 g/mol. The van der Waals surface area contributed by atoms with Gasteiger partial charge in [0.1, 0.15) is 0 Å². The molecule has 0 N–H and O–H groups in total. The third-order valence-electron chi connectivity index (χ3n) is 4.09. The van der Waals surface area contributed by atoms with Gasteiger partial charge in [0.25, 0.3) is 0 Å². The average molecular weight is 246 g/mol. The lowest BCUT2D eigenvalue weighted by Crippen LogP contribution is -2.21. The van der Waals surface area contributed by atoms with Crippen molar-refractivity contribution in [3.05, 3.63) is 35.4 Å². The molecule has 1 aliphatic heterocycles. The van der Waals surface area contributed by atoms with Gasteiger partial charge in [-0.25, -0.2) is 0 Å². The highest BCUT2D eigenvalue weighted by Gasteiger charge is 2.31. The Bertz CT molecular complexity index is 408. The number of carbonyl (C=O) groups is 1. The Morgan fingerprint density at radius 1 is 1.39 bits per heavy atom. The molecule has 0 bridgehead atoms. The fourth-order valence-electron chi connectivity index (χ4n) is 2.50. The Hall–Kier alpha value is -1.15. The summed E-state index contributed by atoms with van der Waals surface area (Å²) < 4.78 is 5.47. The summed E-state index contributed by atoms with van der Waals surface area (Å²) in [6.07, 6.45) is 2.04. The highest BCUT2D eigenvalue weighted by Crippen LogP contribution is 2.26. The van der Waals surface area contributed by atoms with Crippen molar-refractivity contribution in [1.29, 1.82) is 0 Å². The second kappa shape index (κ2) is 5.66. The van der Waals surface area contributed by atoms with E-state index in [0.29, 0.717) is 12.5 Å². The van der Waals surface area contributed by atoms with Crippen LogP contribution < -0.4 is 0 Å². The number of Topliss-reactive ketones (excluding diaryl/α,β-unsaturated/α-hetero) is 1. The van der Waals surface area contributed by atoms with Crippen molar-refractivity contribution in [2.75, 3.05) is 6.61 Å². The summed E-state index contributed by atoms with van der Waals surface area (Å²) in [7, 11) is 0. The van der Waals surface area contributed by atoms with Crippen LogP contribution in [-0.4, -0.2) is 18.5 Å². The molecule has 1 aromatic rings. The maximum absolute atomic E-state index is 12.3. The quantitative estimate of drug-likeness (QED) is 0.755. The Kier molecular flexibility index (Phi) is 4.18. The van der Waals surface area contributed by atoms with Crippen LogP contribution in [0.2, 0.25) is 0 Å². The normalized spacial score (nSPS) is 25.1. The molecule has 1 aliphatic rings. The maximum Gasteiger partial charge on any atom is 0.168 e. The smallest absolute Gasteiger partial charge is 0.168 e. The third-order valence-corrected chi connectivity index (χ3v) is 4.09. The Morgan fingerprint density at radius 3 is 2.56 bits per heavy atom. The average Bonchev–Trinajstić information content (AvgIpc) is 2.83. The minimum absolute atomic E-state index is 0.0412. The molecule has 0 aliphatic carbocycles. The molecule has 3 atom stereocenters. The van der Waals surface area contributed by atoms with Crippen molar-refractivity contribution < 1.29 is 9.53 Å². The molecule has 0 radical (unpaired) electrons. The van der Waals surface area contributed by atoms with Crippen molar-refractivity contribution in [2.24, 2.45) is 5.92 Å². The van der Waals surface area contributed by atoms with E-state index in [1.165, 1.54) is 5.56 Å². The van der Waals surface area contributed by atoms with Crippen LogP contribution in [0.5, 0.6) is 0 Å². The van der Waals surface area contributed by atoms with Gasteiger partial charge in [-0.2, -0.15) is 0 Å². The molecule has 98 valence electrons. The zero-order valence-electron chi connectivity index (χ0n) is 11.5. The first-order valence-corrected chi connectivity index (χ1v) is 6.89. The molecule has 1 aromatic carbocycles. The van der Waals surface area contributed by atoms with E-state index in [0.717, 1.165) is 18.4 Å². The van der Waals surface area contributed by atoms with Crippen LogP contribution in [0.1, 0.15) is 55.5 Å². The molecule has 18 heavy (non-hydrogen) atoms. The third kappa shape index (κ3) is 2.64. The predicted molar refractivity (Wildman–Crippen MR) is 73.0 cm³/mol. The summed E-state index contributed by atoms with van der Waals surface area (Å²) in [4.78, 5) is 12.3. The molecule has 1 fully saturated rings. The van der Waals surface area contributed by atoms with E-state index in [9.17, 15) is 4.79 Å². The number of rotatable bonds is 4. The summed E-state index contributed by atoms with van der Waals surface area (Å²) in [5.74, 6) is 0.832. The summed E-state index contributed by atoms with van der Waals surface area (Å²) in [6, 6.07) is 8.10. The van der Waals surface area contributed by atoms with Crippen molar-refractivity contribution in [1.82, 2.24) is 0 Å². The van der Waals surface area contributed by atoms with E-state index in [1.807, 2.05) is 19.1 Å². The first-order valence-electron chi connectivity index (χ1n) is 6.89. The van der Waals surface area contributed by atoms with Gasteiger partial charge in [0, 0.05) is 12.2 Å². The number of carbonyl (C=O) groups excluding carboxylic acids is 1. The van der Waals surface area contributed by atoms with E-state index in [2.05, 4.69) is 26.0 Å². The van der Waals surface area contributed by atoms with Crippen LogP contribution in [0.3, 0.4) is 0 Å². The van der Waals surface area contributed by atoms with Crippen molar-refractivity contribution in [2.45, 2.75) is 45.6 Å². The van der Waals surface area contributed by atoms with Gasteiger partial charge in [0.05, 0.1) is 12.0 Å². The van der Waals surface area contributed by atoms with Crippen LogP contribution in [0.15, 0.2) is 24.3 Å². The lowest BCUT2D eigenvalue weighted by molar-refractivity contribution is 0.0764. The summed E-state index contributed by atoms with van der Waals surface area (Å²) >= 11 is 0. The van der Waals surface area contributed by atoms with Gasteiger partial charge in [-0.15, -0.1) is 0 Å². The van der Waals surface area contributed by atoms with Gasteiger partial charge in [0.15, 0.2) is 5.78 Å². The van der Waals surface area contributed by atoms with Crippen LogP contribution in [0, 0.1) is 5.92 Å². The van der Waals surface area contributed by atoms with Gasteiger partial charge in [0.2, 0.25) is 0 Å². The van der Waals surface area contributed by atoms with Crippen LogP contribution >= 0.6 is 0 Å². The van der Waals surface area contributed by atoms with Gasteiger partial charge in [-0.3, -0.25) is 4.79 Å². The highest BCUT2D eigenvalue weighted by molar-refractivity contribution is 5.98. The topological polar surface area (TPSA) is 26.3 Å². The van der Waals surface area contributed by atoms with Crippen LogP contribution in [0.4, 0.5) is 0 Å². The standard InChI is InChI=1S/C16H22O2/c1-4-11(2)13-5-7-14(8-6-13)16(17)15-9-10-18-12(15)3/h5-8,11-12,15H,4,9-10H2,1-3H3. The lowest BCUT2D eigenvalue weighted by atomic mass is 9.90. The molecule has 0 aromatic heterocycles. The number of benzene rings is 1. The molecular weight excluding hydrogens is 224 g/mol. The second-order valence-corrected chi connectivity index (χ2v) is 5.27. The maximum atomic E-state index is 12.3. The molecule has 0 spiro atoms.